The van der Waals surface area contributed by atoms with Crippen LogP contribution in [-0.4, -0.2) is 39.1 Å². The number of anilines is 1. The minimum atomic E-state index is -0.163. The van der Waals surface area contributed by atoms with Crippen molar-refractivity contribution in [2.45, 2.75) is 46.1 Å². The third kappa shape index (κ3) is 4.24. The lowest BCUT2D eigenvalue weighted by Gasteiger charge is -2.33. The summed E-state index contributed by atoms with van der Waals surface area (Å²) in [5.74, 6) is 0.534. The van der Waals surface area contributed by atoms with E-state index in [1.807, 2.05) is 66.4 Å². The van der Waals surface area contributed by atoms with Crippen molar-refractivity contribution in [3.05, 3.63) is 65.9 Å². The lowest BCUT2D eigenvalue weighted by molar-refractivity contribution is -0.114. The van der Waals surface area contributed by atoms with Crippen molar-refractivity contribution >= 4 is 17.6 Å². The number of nitrogens with zero attached hydrogens (tertiary/aromatic N) is 3. The van der Waals surface area contributed by atoms with Gasteiger partial charge in [-0.05, 0) is 62.9 Å². The van der Waals surface area contributed by atoms with Gasteiger partial charge in [-0.2, -0.15) is 5.10 Å². The molecule has 1 atom stereocenters. The summed E-state index contributed by atoms with van der Waals surface area (Å²) in [6.45, 7) is 6.35. The van der Waals surface area contributed by atoms with Crippen LogP contribution in [0.5, 0.6) is 0 Å². The molecule has 2 heterocycles. The van der Waals surface area contributed by atoms with E-state index in [9.17, 15) is 9.59 Å². The molecule has 0 bridgehead atoms. The zero-order chi connectivity index (χ0) is 22.0. The van der Waals surface area contributed by atoms with Gasteiger partial charge in [0.1, 0.15) is 5.82 Å². The Morgan fingerprint density at radius 3 is 2.39 bits per heavy atom. The first-order valence-electron chi connectivity index (χ1n) is 10.8. The predicted molar refractivity (Wildman–Crippen MR) is 122 cm³/mol. The van der Waals surface area contributed by atoms with Gasteiger partial charge in [0.25, 0.3) is 5.91 Å². The van der Waals surface area contributed by atoms with Crippen LogP contribution in [0.15, 0.2) is 54.6 Å². The monoisotopic (exact) mass is 416 g/mol. The molecule has 0 radical (unpaired) electrons. The number of hydrogen-bond acceptors (Lipinski definition) is 3. The number of carbonyl (C=O) groups excluding carboxylic acids is 2. The molecule has 160 valence electrons. The van der Waals surface area contributed by atoms with E-state index >= 15 is 0 Å². The summed E-state index contributed by atoms with van der Waals surface area (Å²) in [6.07, 6.45) is 3.29. The molecule has 6 heteroatoms. The van der Waals surface area contributed by atoms with E-state index in [1.165, 1.54) is 13.3 Å². The SMILES string of the molecule is CC(=O)Nc1c(-c2ccccc2)c(C)nn1-c1ccc(C(=O)N2CCCCC2C)cc1. The quantitative estimate of drug-likeness (QED) is 0.663. The van der Waals surface area contributed by atoms with E-state index in [0.717, 1.165) is 41.9 Å². The molecule has 2 amide bonds. The summed E-state index contributed by atoms with van der Waals surface area (Å²) < 4.78 is 1.73. The maximum Gasteiger partial charge on any atom is 0.254 e. The van der Waals surface area contributed by atoms with Gasteiger partial charge in [0, 0.05) is 30.6 Å². The molecule has 0 spiro atoms. The van der Waals surface area contributed by atoms with E-state index in [4.69, 9.17) is 5.10 Å². The van der Waals surface area contributed by atoms with Gasteiger partial charge < -0.3 is 10.2 Å². The number of nitrogens with one attached hydrogen (secondary N) is 1. The molecule has 2 aromatic carbocycles. The van der Waals surface area contributed by atoms with Crippen LogP contribution in [0.4, 0.5) is 5.82 Å². The smallest absolute Gasteiger partial charge is 0.254 e. The van der Waals surface area contributed by atoms with Gasteiger partial charge in [0.2, 0.25) is 5.91 Å². The van der Waals surface area contributed by atoms with Crippen molar-refractivity contribution in [2.75, 3.05) is 11.9 Å². The fourth-order valence-electron chi connectivity index (χ4n) is 4.26. The van der Waals surface area contributed by atoms with E-state index in [1.54, 1.807) is 4.68 Å². The van der Waals surface area contributed by atoms with E-state index in [2.05, 4.69) is 12.2 Å². The summed E-state index contributed by atoms with van der Waals surface area (Å²) >= 11 is 0. The first-order chi connectivity index (χ1) is 15.0. The van der Waals surface area contributed by atoms with E-state index in [-0.39, 0.29) is 17.9 Å². The number of amides is 2. The average molecular weight is 417 g/mol. The Morgan fingerprint density at radius 1 is 1.03 bits per heavy atom. The van der Waals surface area contributed by atoms with Crippen LogP contribution in [-0.2, 0) is 4.79 Å². The van der Waals surface area contributed by atoms with Crippen molar-refractivity contribution in [2.24, 2.45) is 0 Å². The molecule has 1 N–H and O–H groups in total. The van der Waals surface area contributed by atoms with E-state index < -0.39 is 0 Å². The summed E-state index contributed by atoms with van der Waals surface area (Å²) in [6, 6.07) is 17.6. The second kappa shape index (κ2) is 8.76. The van der Waals surface area contributed by atoms with Crippen molar-refractivity contribution in [3.63, 3.8) is 0 Å². The molecule has 1 saturated heterocycles. The van der Waals surface area contributed by atoms with E-state index in [0.29, 0.717) is 11.4 Å². The second-order valence-electron chi connectivity index (χ2n) is 8.16. The number of rotatable bonds is 4. The molecule has 1 aliphatic heterocycles. The number of benzene rings is 2. The summed E-state index contributed by atoms with van der Waals surface area (Å²) in [5, 5.41) is 7.63. The third-order valence-corrected chi connectivity index (χ3v) is 5.84. The van der Waals surface area contributed by atoms with Crippen molar-refractivity contribution in [3.8, 4) is 16.8 Å². The minimum absolute atomic E-state index is 0.0717. The molecule has 3 aromatic rings. The molecule has 1 aromatic heterocycles. The normalized spacial score (nSPS) is 16.2. The number of carbonyl (C=O) groups is 2. The molecule has 0 aliphatic carbocycles. The van der Waals surface area contributed by atoms with Crippen LogP contribution < -0.4 is 5.32 Å². The Morgan fingerprint density at radius 2 is 1.74 bits per heavy atom. The lowest BCUT2D eigenvalue weighted by atomic mass is 10.0. The predicted octanol–water partition coefficient (Wildman–Crippen LogP) is 4.82. The Hall–Kier alpha value is -3.41. The first kappa shape index (κ1) is 20.8. The summed E-state index contributed by atoms with van der Waals surface area (Å²) in [7, 11) is 0. The van der Waals surface area contributed by atoms with Gasteiger partial charge in [-0.15, -0.1) is 0 Å². The highest BCUT2D eigenvalue weighted by molar-refractivity contribution is 5.95. The van der Waals surface area contributed by atoms with Crippen molar-refractivity contribution in [1.29, 1.82) is 0 Å². The molecular weight excluding hydrogens is 388 g/mol. The minimum Gasteiger partial charge on any atom is -0.336 e. The van der Waals surface area contributed by atoms with Crippen LogP contribution in [0, 0.1) is 6.92 Å². The molecule has 4 rings (SSSR count). The average Bonchev–Trinajstić information content (AvgIpc) is 3.09. The molecule has 1 aliphatic rings. The maximum absolute atomic E-state index is 13.0. The van der Waals surface area contributed by atoms with Crippen LogP contribution in [0.2, 0.25) is 0 Å². The van der Waals surface area contributed by atoms with Gasteiger partial charge in [0.15, 0.2) is 0 Å². The molecular formula is C25H28N4O2. The van der Waals surface area contributed by atoms with Crippen LogP contribution in [0.3, 0.4) is 0 Å². The van der Waals surface area contributed by atoms with Gasteiger partial charge >= 0.3 is 0 Å². The highest BCUT2D eigenvalue weighted by atomic mass is 16.2. The number of piperidine rings is 1. The highest BCUT2D eigenvalue weighted by Crippen LogP contribution is 2.33. The maximum atomic E-state index is 13.0. The van der Waals surface area contributed by atoms with Gasteiger partial charge in [-0.3, -0.25) is 9.59 Å². The first-order valence-corrected chi connectivity index (χ1v) is 10.8. The zero-order valence-corrected chi connectivity index (χ0v) is 18.3. The summed E-state index contributed by atoms with van der Waals surface area (Å²) in [5.41, 5.74) is 4.15. The largest absolute Gasteiger partial charge is 0.336 e. The fourth-order valence-corrected chi connectivity index (χ4v) is 4.26. The number of aryl methyl sites for hydroxylation is 1. The standard InChI is InChI=1S/C25H28N4O2/c1-17-9-7-8-16-28(17)25(31)21-12-14-22(15-13-21)29-24(26-19(3)30)23(18(2)27-29)20-10-5-4-6-11-20/h4-6,10-15,17H,7-9,16H2,1-3H3,(H,26,30). The Kier molecular flexibility index (Phi) is 5.89. The molecule has 1 fully saturated rings. The number of likely N-dealkylation sites (tertiary alicyclic amines) is 1. The lowest BCUT2D eigenvalue weighted by Crippen LogP contribution is -2.42. The Bertz CT molecular complexity index is 1090. The molecule has 0 saturated carbocycles. The number of hydrogen-bond donors (Lipinski definition) is 1. The van der Waals surface area contributed by atoms with Crippen LogP contribution in [0.1, 0.15) is 49.2 Å². The van der Waals surface area contributed by atoms with Crippen LogP contribution >= 0.6 is 0 Å². The fraction of sp³-hybridized carbons (Fsp3) is 0.320. The number of aromatic nitrogens is 2. The summed E-state index contributed by atoms with van der Waals surface area (Å²) in [4.78, 5) is 26.9. The Labute approximate surface area is 182 Å². The molecule has 1 unspecified atom stereocenters. The topological polar surface area (TPSA) is 67.2 Å². The van der Waals surface area contributed by atoms with Crippen LogP contribution in [0.25, 0.3) is 16.8 Å². The van der Waals surface area contributed by atoms with Gasteiger partial charge in [-0.25, -0.2) is 4.68 Å². The molecule has 31 heavy (non-hydrogen) atoms. The zero-order valence-electron chi connectivity index (χ0n) is 18.3. The van der Waals surface area contributed by atoms with Crippen molar-refractivity contribution in [1.82, 2.24) is 14.7 Å². The third-order valence-electron chi connectivity index (χ3n) is 5.84. The highest BCUT2D eigenvalue weighted by Gasteiger charge is 2.24. The molecule has 6 nitrogen and oxygen atoms in total. The van der Waals surface area contributed by atoms with Gasteiger partial charge in [-0.1, -0.05) is 30.3 Å². The second-order valence-corrected chi connectivity index (χ2v) is 8.16. The Balaban J connectivity index is 1.69. The van der Waals surface area contributed by atoms with Gasteiger partial charge in [0.05, 0.1) is 11.4 Å². The van der Waals surface area contributed by atoms with Crippen molar-refractivity contribution < 1.29 is 9.59 Å².